The Bertz CT molecular complexity index is 1040. The van der Waals surface area contributed by atoms with Crippen LogP contribution in [0.25, 0.3) is 0 Å². The van der Waals surface area contributed by atoms with Crippen molar-refractivity contribution in [1.82, 2.24) is 9.97 Å². The molecule has 2 N–H and O–H groups in total. The summed E-state index contributed by atoms with van der Waals surface area (Å²) in [6.45, 7) is 4.91. The predicted octanol–water partition coefficient (Wildman–Crippen LogP) is 3.76. The van der Waals surface area contributed by atoms with E-state index in [4.69, 9.17) is 4.74 Å². The Morgan fingerprint density at radius 1 is 1.03 bits per heavy atom. The molecule has 0 unspecified atom stereocenters. The van der Waals surface area contributed by atoms with Gasteiger partial charge in [0.1, 0.15) is 11.6 Å². The Morgan fingerprint density at radius 3 is 2.50 bits per heavy atom. The van der Waals surface area contributed by atoms with Gasteiger partial charge in [-0.05, 0) is 49.4 Å². The van der Waals surface area contributed by atoms with Crippen LogP contribution in [-0.2, 0) is 4.74 Å². The number of anilines is 4. The monoisotopic (exact) mass is 407 g/mol. The number of halogens is 1. The fraction of sp³-hybridized carbons (Fsp3) is 0.227. The van der Waals surface area contributed by atoms with Gasteiger partial charge in [0.05, 0.1) is 13.2 Å². The number of ether oxygens (including phenoxy) is 1. The molecule has 1 fully saturated rings. The number of hydrogen-bond acceptors (Lipinski definition) is 6. The molecule has 3 aromatic rings. The van der Waals surface area contributed by atoms with Crippen LogP contribution in [0.3, 0.4) is 0 Å². The maximum Gasteiger partial charge on any atom is 0.255 e. The third kappa shape index (κ3) is 4.90. The van der Waals surface area contributed by atoms with E-state index in [2.05, 4.69) is 25.5 Å². The van der Waals surface area contributed by atoms with Crippen LogP contribution in [0.2, 0.25) is 0 Å². The van der Waals surface area contributed by atoms with Gasteiger partial charge < -0.3 is 20.3 Å². The van der Waals surface area contributed by atoms with Gasteiger partial charge in [-0.3, -0.25) is 4.79 Å². The number of carbonyl (C=O) groups excluding carboxylic acids is 1. The highest BCUT2D eigenvalue weighted by atomic mass is 19.1. The third-order valence-corrected chi connectivity index (χ3v) is 4.66. The molecule has 0 bridgehead atoms. The molecule has 1 aliphatic rings. The highest BCUT2D eigenvalue weighted by Crippen LogP contribution is 2.21. The minimum Gasteiger partial charge on any atom is -0.378 e. The fourth-order valence-electron chi connectivity index (χ4n) is 3.16. The largest absolute Gasteiger partial charge is 0.378 e. The summed E-state index contributed by atoms with van der Waals surface area (Å²) in [5, 5.41) is 5.96. The lowest BCUT2D eigenvalue weighted by Gasteiger charge is -2.28. The first-order chi connectivity index (χ1) is 14.6. The molecule has 1 aromatic heterocycles. The van der Waals surface area contributed by atoms with Crippen LogP contribution >= 0.6 is 0 Å². The van der Waals surface area contributed by atoms with Crippen LogP contribution < -0.4 is 15.5 Å². The molecule has 2 aromatic carbocycles. The number of benzene rings is 2. The Balaban J connectivity index is 1.43. The molecule has 0 atom stereocenters. The molecule has 1 aliphatic heterocycles. The smallest absolute Gasteiger partial charge is 0.255 e. The van der Waals surface area contributed by atoms with Gasteiger partial charge in [0.25, 0.3) is 5.91 Å². The molecule has 8 heteroatoms. The molecule has 0 aliphatic carbocycles. The molecule has 154 valence electrons. The molecule has 2 heterocycles. The second-order valence-electron chi connectivity index (χ2n) is 6.96. The predicted molar refractivity (Wildman–Crippen MR) is 114 cm³/mol. The van der Waals surface area contributed by atoms with Crippen LogP contribution in [0.4, 0.5) is 27.5 Å². The zero-order valence-corrected chi connectivity index (χ0v) is 16.6. The Hall–Kier alpha value is -3.52. The lowest BCUT2D eigenvalue weighted by molar-refractivity contribution is 0.102. The van der Waals surface area contributed by atoms with Gasteiger partial charge in [0, 0.05) is 41.8 Å². The molecule has 1 saturated heterocycles. The molecule has 0 radical (unpaired) electrons. The van der Waals surface area contributed by atoms with Crippen LogP contribution in [-0.4, -0.2) is 42.2 Å². The molecular weight excluding hydrogens is 385 g/mol. The SMILES string of the molecule is Cc1cc(N2CCOCC2)nc(Nc2ccc(NC(=O)c3cccc(F)c3)cc2)n1. The maximum atomic E-state index is 13.3. The summed E-state index contributed by atoms with van der Waals surface area (Å²) < 4.78 is 18.7. The minimum absolute atomic E-state index is 0.265. The second-order valence-corrected chi connectivity index (χ2v) is 6.96. The van der Waals surface area contributed by atoms with Crippen LogP contribution in [0.5, 0.6) is 0 Å². The molecule has 30 heavy (non-hydrogen) atoms. The first-order valence-electron chi connectivity index (χ1n) is 9.69. The summed E-state index contributed by atoms with van der Waals surface area (Å²) in [6, 6.07) is 14.7. The first kappa shape index (κ1) is 19.8. The van der Waals surface area contributed by atoms with Crippen LogP contribution in [0.15, 0.2) is 54.6 Å². The number of morpholine rings is 1. The van der Waals surface area contributed by atoms with E-state index in [0.717, 1.165) is 30.3 Å². The Kier molecular flexibility index (Phi) is 5.85. The number of rotatable bonds is 5. The maximum absolute atomic E-state index is 13.3. The molecule has 7 nitrogen and oxygen atoms in total. The van der Waals surface area contributed by atoms with Crippen molar-refractivity contribution in [1.29, 1.82) is 0 Å². The highest BCUT2D eigenvalue weighted by molar-refractivity contribution is 6.04. The number of amides is 1. The fourth-order valence-corrected chi connectivity index (χ4v) is 3.16. The van der Waals surface area contributed by atoms with E-state index in [1.807, 2.05) is 25.1 Å². The minimum atomic E-state index is -0.447. The quantitative estimate of drug-likeness (QED) is 0.671. The van der Waals surface area contributed by atoms with E-state index in [1.54, 1.807) is 18.2 Å². The van der Waals surface area contributed by atoms with E-state index in [1.165, 1.54) is 18.2 Å². The number of hydrogen-bond donors (Lipinski definition) is 2. The van der Waals surface area contributed by atoms with Crippen LogP contribution in [0, 0.1) is 12.7 Å². The van der Waals surface area contributed by atoms with Gasteiger partial charge in [-0.25, -0.2) is 9.37 Å². The van der Waals surface area contributed by atoms with Crippen molar-refractivity contribution in [2.45, 2.75) is 6.92 Å². The van der Waals surface area contributed by atoms with E-state index < -0.39 is 5.82 Å². The molecule has 0 spiro atoms. The Morgan fingerprint density at radius 2 is 1.77 bits per heavy atom. The normalized spacial score (nSPS) is 13.7. The highest BCUT2D eigenvalue weighted by Gasteiger charge is 2.14. The average Bonchev–Trinajstić information content (AvgIpc) is 2.75. The molecular formula is C22H22FN5O2. The van der Waals surface area contributed by atoms with Crippen molar-refractivity contribution in [2.24, 2.45) is 0 Å². The van der Waals surface area contributed by atoms with E-state index >= 15 is 0 Å². The summed E-state index contributed by atoms with van der Waals surface area (Å²) in [7, 11) is 0. The lowest BCUT2D eigenvalue weighted by atomic mass is 10.2. The summed E-state index contributed by atoms with van der Waals surface area (Å²) in [5.74, 6) is 0.560. The Labute approximate surface area is 173 Å². The topological polar surface area (TPSA) is 79.4 Å². The van der Waals surface area contributed by atoms with E-state index in [0.29, 0.717) is 24.8 Å². The standard InChI is InChI=1S/C22H22FN5O2/c1-15-13-20(28-9-11-30-12-10-28)27-22(24-15)26-19-7-5-18(6-8-19)25-21(29)16-3-2-4-17(23)14-16/h2-8,13-14H,9-12H2,1H3,(H,25,29)(H,24,26,27). The van der Waals surface area contributed by atoms with E-state index in [-0.39, 0.29) is 11.5 Å². The first-order valence-corrected chi connectivity index (χ1v) is 9.69. The van der Waals surface area contributed by atoms with Crippen molar-refractivity contribution in [2.75, 3.05) is 41.8 Å². The van der Waals surface area contributed by atoms with Gasteiger partial charge in [-0.2, -0.15) is 4.98 Å². The summed E-state index contributed by atoms with van der Waals surface area (Å²) >= 11 is 0. The average molecular weight is 407 g/mol. The number of nitrogens with zero attached hydrogens (tertiary/aromatic N) is 3. The summed E-state index contributed by atoms with van der Waals surface area (Å²) in [4.78, 5) is 23.5. The van der Waals surface area contributed by atoms with Gasteiger partial charge in [-0.15, -0.1) is 0 Å². The van der Waals surface area contributed by atoms with Gasteiger partial charge in [-0.1, -0.05) is 6.07 Å². The zero-order chi connectivity index (χ0) is 20.9. The summed E-state index contributed by atoms with van der Waals surface area (Å²) in [5.41, 5.74) is 2.53. The van der Waals surface area contributed by atoms with Gasteiger partial charge in [0.15, 0.2) is 0 Å². The third-order valence-electron chi connectivity index (χ3n) is 4.66. The molecule has 0 saturated carbocycles. The number of nitrogens with one attached hydrogen (secondary N) is 2. The van der Waals surface area contributed by atoms with Crippen molar-refractivity contribution < 1.29 is 13.9 Å². The zero-order valence-electron chi connectivity index (χ0n) is 16.6. The second kappa shape index (κ2) is 8.87. The number of aryl methyl sites for hydroxylation is 1. The number of carbonyl (C=O) groups is 1. The van der Waals surface area contributed by atoms with Gasteiger partial charge >= 0.3 is 0 Å². The molecule has 4 rings (SSSR count). The van der Waals surface area contributed by atoms with Crippen LogP contribution in [0.1, 0.15) is 16.1 Å². The van der Waals surface area contributed by atoms with E-state index in [9.17, 15) is 9.18 Å². The van der Waals surface area contributed by atoms with Crippen molar-refractivity contribution >= 4 is 29.0 Å². The van der Waals surface area contributed by atoms with Gasteiger partial charge in [0.2, 0.25) is 5.95 Å². The number of aromatic nitrogens is 2. The summed E-state index contributed by atoms with van der Waals surface area (Å²) in [6.07, 6.45) is 0. The van der Waals surface area contributed by atoms with Crippen molar-refractivity contribution in [3.05, 3.63) is 71.7 Å². The van der Waals surface area contributed by atoms with Crippen molar-refractivity contribution in [3.63, 3.8) is 0 Å². The molecule has 1 amide bonds. The van der Waals surface area contributed by atoms with Crippen molar-refractivity contribution in [3.8, 4) is 0 Å². The lowest BCUT2D eigenvalue weighted by Crippen LogP contribution is -2.36.